The lowest BCUT2D eigenvalue weighted by Gasteiger charge is -2.26. The molecule has 36 heavy (non-hydrogen) atoms. The third kappa shape index (κ3) is 7.32. The van der Waals surface area contributed by atoms with Gasteiger partial charge >= 0.3 is 0 Å². The standard InChI is InChI=1S/C23H31N3O8S2/c1-18(17-34-21-8-6-20(32-2)7-9-21)24-23(27)16-26(35(3,28)29)19-4-10-22(11-5-19)36(30,31)25-12-14-33-15-13-25/h4-11,18H,12-17H2,1-3H3,(H,24,27). The number of carbonyl (C=O) groups excluding carboxylic acids is 1. The number of nitrogens with zero attached hydrogens (tertiary/aromatic N) is 2. The molecule has 0 spiro atoms. The average molecular weight is 542 g/mol. The number of sulfonamides is 2. The summed E-state index contributed by atoms with van der Waals surface area (Å²) in [4.78, 5) is 12.6. The van der Waals surface area contributed by atoms with E-state index in [2.05, 4.69) is 5.32 Å². The van der Waals surface area contributed by atoms with Gasteiger partial charge in [0.05, 0.1) is 43.2 Å². The van der Waals surface area contributed by atoms with Crippen molar-refractivity contribution in [2.75, 3.05) is 57.1 Å². The third-order valence-corrected chi connectivity index (χ3v) is 8.44. The Kier molecular flexibility index (Phi) is 9.17. The highest BCUT2D eigenvalue weighted by atomic mass is 32.2. The van der Waals surface area contributed by atoms with Gasteiger partial charge in [-0.1, -0.05) is 0 Å². The molecule has 1 atom stereocenters. The summed E-state index contributed by atoms with van der Waals surface area (Å²) in [6, 6.07) is 12.0. The van der Waals surface area contributed by atoms with Crippen LogP contribution in [0.1, 0.15) is 6.92 Å². The number of hydrogen-bond acceptors (Lipinski definition) is 8. The van der Waals surface area contributed by atoms with Crippen LogP contribution in [0, 0.1) is 0 Å². The molecular weight excluding hydrogens is 510 g/mol. The van der Waals surface area contributed by atoms with Gasteiger partial charge in [0.2, 0.25) is 26.0 Å². The Morgan fingerprint density at radius 3 is 2.17 bits per heavy atom. The van der Waals surface area contributed by atoms with Gasteiger partial charge in [-0.3, -0.25) is 9.10 Å². The Morgan fingerprint density at radius 1 is 1.03 bits per heavy atom. The van der Waals surface area contributed by atoms with Crippen LogP contribution in [-0.4, -0.2) is 85.9 Å². The Hall–Kier alpha value is -2.87. The van der Waals surface area contributed by atoms with Crippen LogP contribution in [0.5, 0.6) is 11.5 Å². The van der Waals surface area contributed by atoms with Crippen molar-refractivity contribution in [2.45, 2.75) is 17.9 Å². The van der Waals surface area contributed by atoms with Crippen molar-refractivity contribution in [1.29, 1.82) is 0 Å². The summed E-state index contributed by atoms with van der Waals surface area (Å²) in [5.41, 5.74) is 0.177. The molecule has 0 bridgehead atoms. The van der Waals surface area contributed by atoms with Crippen LogP contribution >= 0.6 is 0 Å². The number of rotatable bonds is 11. The lowest BCUT2D eigenvalue weighted by molar-refractivity contribution is -0.120. The van der Waals surface area contributed by atoms with Crippen LogP contribution in [0.4, 0.5) is 5.69 Å². The summed E-state index contributed by atoms with van der Waals surface area (Å²) in [5, 5.41) is 2.71. The first-order valence-electron chi connectivity index (χ1n) is 11.2. The zero-order chi connectivity index (χ0) is 26.3. The molecule has 1 heterocycles. The normalized spacial score (nSPS) is 15.6. The van der Waals surface area contributed by atoms with Gasteiger partial charge in [0, 0.05) is 13.1 Å². The van der Waals surface area contributed by atoms with E-state index in [0.29, 0.717) is 24.7 Å². The molecule has 198 valence electrons. The fraction of sp³-hybridized carbons (Fsp3) is 0.435. The van der Waals surface area contributed by atoms with Crippen LogP contribution in [0.25, 0.3) is 0 Å². The monoisotopic (exact) mass is 541 g/mol. The SMILES string of the molecule is COc1ccc(OCC(C)NC(=O)CN(c2ccc(S(=O)(=O)N3CCOCC3)cc2)S(C)(=O)=O)cc1. The molecule has 1 aliphatic heterocycles. The molecule has 1 amide bonds. The maximum atomic E-state index is 12.8. The molecule has 1 unspecified atom stereocenters. The number of anilines is 1. The summed E-state index contributed by atoms with van der Waals surface area (Å²) in [6.07, 6.45) is 0.981. The molecule has 3 rings (SSSR count). The molecule has 2 aromatic carbocycles. The molecule has 0 aliphatic carbocycles. The zero-order valence-corrected chi connectivity index (χ0v) is 22.0. The molecule has 11 nitrogen and oxygen atoms in total. The highest BCUT2D eigenvalue weighted by Crippen LogP contribution is 2.23. The molecule has 1 saturated heterocycles. The van der Waals surface area contributed by atoms with E-state index in [1.54, 1.807) is 38.3 Å². The van der Waals surface area contributed by atoms with Crippen LogP contribution in [0.2, 0.25) is 0 Å². The molecule has 1 aliphatic rings. The summed E-state index contributed by atoms with van der Waals surface area (Å²) in [5.74, 6) is 0.759. The minimum atomic E-state index is -3.83. The molecule has 1 fully saturated rings. The van der Waals surface area contributed by atoms with E-state index in [0.717, 1.165) is 10.6 Å². The van der Waals surface area contributed by atoms with Crippen LogP contribution in [0.15, 0.2) is 53.4 Å². The van der Waals surface area contributed by atoms with Crippen molar-refractivity contribution in [2.24, 2.45) is 0 Å². The van der Waals surface area contributed by atoms with E-state index >= 15 is 0 Å². The first kappa shape index (κ1) is 27.7. The average Bonchev–Trinajstić information content (AvgIpc) is 2.86. The van der Waals surface area contributed by atoms with E-state index in [4.69, 9.17) is 14.2 Å². The summed E-state index contributed by atoms with van der Waals surface area (Å²) < 4.78 is 68.7. The van der Waals surface area contributed by atoms with Crippen molar-refractivity contribution < 1.29 is 35.8 Å². The quantitative estimate of drug-likeness (QED) is 0.447. The minimum Gasteiger partial charge on any atom is -0.497 e. The number of methoxy groups -OCH3 is 1. The second-order valence-electron chi connectivity index (χ2n) is 8.24. The second kappa shape index (κ2) is 11.9. The lowest BCUT2D eigenvalue weighted by Crippen LogP contribution is -2.45. The number of benzene rings is 2. The van der Waals surface area contributed by atoms with Gasteiger partial charge in [0.25, 0.3) is 0 Å². The number of ether oxygens (including phenoxy) is 3. The van der Waals surface area contributed by atoms with Gasteiger partial charge in [-0.15, -0.1) is 0 Å². The van der Waals surface area contributed by atoms with Gasteiger partial charge in [0.15, 0.2) is 0 Å². The molecule has 0 aromatic heterocycles. The Bertz CT molecular complexity index is 1230. The van der Waals surface area contributed by atoms with E-state index in [1.165, 1.54) is 28.6 Å². The highest BCUT2D eigenvalue weighted by molar-refractivity contribution is 7.92. The van der Waals surface area contributed by atoms with Crippen molar-refractivity contribution in [1.82, 2.24) is 9.62 Å². The predicted molar refractivity (Wildman–Crippen MR) is 134 cm³/mol. The Balaban J connectivity index is 1.62. The second-order valence-corrected chi connectivity index (χ2v) is 12.1. The number of nitrogens with one attached hydrogen (secondary N) is 1. The summed E-state index contributed by atoms with van der Waals surface area (Å²) in [6.45, 7) is 2.57. The topological polar surface area (TPSA) is 132 Å². The van der Waals surface area contributed by atoms with Crippen molar-refractivity contribution in [3.63, 3.8) is 0 Å². The fourth-order valence-electron chi connectivity index (χ4n) is 3.51. The van der Waals surface area contributed by atoms with Crippen molar-refractivity contribution in [3.8, 4) is 11.5 Å². The van der Waals surface area contributed by atoms with Crippen LogP contribution < -0.4 is 19.1 Å². The summed E-state index contributed by atoms with van der Waals surface area (Å²) >= 11 is 0. The smallest absolute Gasteiger partial charge is 0.243 e. The number of carbonyl (C=O) groups is 1. The number of amides is 1. The first-order valence-corrected chi connectivity index (χ1v) is 14.5. The van der Waals surface area contributed by atoms with Crippen molar-refractivity contribution in [3.05, 3.63) is 48.5 Å². The Labute approximate surface area is 212 Å². The van der Waals surface area contributed by atoms with Gasteiger partial charge in [-0.2, -0.15) is 4.31 Å². The zero-order valence-electron chi connectivity index (χ0n) is 20.4. The first-order chi connectivity index (χ1) is 17.0. The molecule has 13 heteroatoms. The molecular formula is C23H31N3O8S2. The van der Waals surface area contributed by atoms with Gasteiger partial charge in [0.1, 0.15) is 24.7 Å². The van der Waals surface area contributed by atoms with E-state index < -0.39 is 38.5 Å². The molecule has 2 aromatic rings. The minimum absolute atomic E-state index is 0.0374. The van der Waals surface area contributed by atoms with E-state index in [-0.39, 0.29) is 30.3 Å². The summed E-state index contributed by atoms with van der Waals surface area (Å²) in [7, 11) is -5.99. The number of hydrogen-bond donors (Lipinski definition) is 1. The predicted octanol–water partition coefficient (Wildman–Crippen LogP) is 1.07. The lowest BCUT2D eigenvalue weighted by atomic mass is 10.3. The third-order valence-electron chi connectivity index (χ3n) is 5.39. The van der Waals surface area contributed by atoms with Crippen LogP contribution in [-0.2, 0) is 29.6 Å². The van der Waals surface area contributed by atoms with Gasteiger partial charge in [-0.25, -0.2) is 16.8 Å². The maximum absolute atomic E-state index is 12.8. The molecule has 0 saturated carbocycles. The van der Waals surface area contributed by atoms with Crippen molar-refractivity contribution >= 4 is 31.6 Å². The number of morpholine rings is 1. The van der Waals surface area contributed by atoms with E-state index in [9.17, 15) is 21.6 Å². The van der Waals surface area contributed by atoms with Gasteiger partial charge < -0.3 is 19.5 Å². The van der Waals surface area contributed by atoms with Gasteiger partial charge in [-0.05, 0) is 55.5 Å². The van der Waals surface area contributed by atoms with E-state index in [1.807, 2.05) is 0 Å². The Morgan fingerprint density at radius 2 is 1.61 bits per heavy atom. The maximum Gasteiger partial charge on any atom is 0.243 e. The van der Waals surface area contributed by atoms with Crippen LogP contribution in [0.3, 0.4) is 0 Å². The highest BCUT2D eigenvalue weighted by Gasteiger charge is 2.27. The molecule has 0 radical (unpaired) electrons. The molecule has 1 N–H and O–H groups in total. The fourth-order valence-corrected chi connectivity index (χ4v) is 5.77. The largest absolute Gasteiger partial charge is 0.497 e.